The van der Waals surface area contributed by atoms with E-state index in [-0.39, 0.29) is 5.54 Å². The molecule has 1 aliphatic rings. The van der Waals surface area contributed by atoms with Crippen molar-refractivity contribution in [2.75, 3.05) is 0 Å². The van der Waals surface area contributed by atoms with Crippen LogP contribution in [-0.4, -0.2) is 9.97 Å². The Bertz CT molecular complexity index is 467. The maximum atomic E-state index is 6.36. The van der Waals surface area contributed by atoms with Crippen LogP contribution in [0.3, 0.4) is 0 Å². The van der Waals surface area contributed by atoms with Crippen LogP contribution in [0, 0.1) is 0 Å². The third kappa shape index (κ3) is 1.50. The molecule has 1 aliphatic carbocycles. The third-order valence-electron chi connectivity index (χ3n) is 3.34. The number of hydrogen-bond acceptors (Lipinski definition) is 4. The Labute approximate surface area is 93.9 Å². The van der Waals surface area contributed by atoms with Crippen LogP contribution in [0.15, 0.2) is 22.7 Å². The van der Waals surface area contributed by atoms with Crippen molar-refractivity contribution in [2.24, 2.45) is 5.73 Å². The highest BCUT2D eigenvalue weighted by molar-refractivity contribution is 5.67. The molecule has 4 nitrogen and oxygen atoms in total. The van der Waals surface area contributed by atoms with Gasteiger partial charge in [-0.3, -0.25) is 0 Å². The maximum absolute atomic E-state index is 6.36. The van der Waals surface area contributed by atoms with E-state index in [0.717, 1.165) is 31.3 Å². The van der Waals surface area contributed by atoms with E-state index >= 15 is 0 Å². The molecule has 84 valence electrons. The Balaban J connectivity index is 2.04. The van der Waals surface area contributed by atoms with Gasteiger partial charge in [-0.2, -0.15) is 4.98 Å². The second-order valence-electron chi connectivity index (χ2n) is 4.56. The van der Waals surface area contributed by atoms with Gasteiger partial charge >= 0.3 is 0 Å². The summed E-state index contributed by atoms with van der Waals surface area (Å²) in [6, 6.07) is 3.73. The van der Waals surface area contributed by atoms with Gasteiger partial charge < -0.3 is 10.2 Å². The number of hydrogen-bond donors (Lipinski definition) is 1. The van der Waals surface area contributed by atoms with E-state index < -0.39 is 0 Å². The largest absolute Gasteiger partial charge is 0.437 e. The third-order valence-corrected chi connectivity index (χ3v) is 3.34. The molecule has 0 aromatic carbocycles. The summed E-state index contributed by atoms with van der Waals surface area (Å²) in [5, 5.41) is 0. The molecule has 0 atom stereocenters. The minimum Gasteiger partial charge on any atom is -0.437 e. The van der Waals surface area contributed by atoms with Gasteiger partial charge in [0.15, 0.2) is 11.2 Å². The lowest BCUT2D eigenvalue weighted by atomic mass is 9.82. The molecule has 2 aromatic heterocycles. The van der Waals surface area contributed by atoms with E-state index in [1.807, 2.05) is 12.1 Å². The summed E-state index contributed by atoms with van der Waals surface area (Å²) in [6.07, 6.45) is 7.21. The van der Waals surface area contributed by atoms with Crippen LogP contribution in [0.2, 0.25) is 0 Å². The fraction of sp³-hybridized carbons (Fsp3) is 0.500. The van der Waals surface area contributed by atoms with Crippen LogP contribution in [0.4, 0.5) is 0 Å². The van der Waals surface area contributed by atoms with Gasteiger partial charge in [0.25, 0.3) is 0 Å². The predicted molar refractivity (Wildman–Crippen MR) is 60.8 cm³/mol. The van der Waals surface area contributed by atoms with Crippen molar-refractivity contribution < 1.29 is 4.42 Å². The summed E-state index contributed by atoms with van der Waals surface area (Å²) in [4.78, 5) is 8.57. The predicted octanol–water partition coefficient (Wildman–Crippen LogP) is 2.34. The summed E-state index contributed by atoms with van der Waals surface area (Å²) >= 11 is 0. The lowest BCUT2D eigenvalue weighted by molar-refractivity contribution is 0.248. The normalized spacial score (nSPS) is 20.1. The number of rotatable bonds is 1. The molecule has 0 unspecified atom stereocenters. The number of fused-ring (bicyclic) bond motifs is 1. The molecule has 0 amide bonds. The molecule has 0 saturated heterocycles. The Hall–Kier alpha value is -1.42. The Morgan fingerprint density at radius 1 is 1.25 bits per heavy atom. The van der Waals surface area contributed by atoms with Crippen molar-refractivity contribution in [1.82, 2.24) is 9.97 Å². The Morgan fingerprint density at radius 3 is 2.81 bits per heavy atom. The molecule has 0 aliphatic heterocycles. The molecule has 1 fully saturated rings. The zero-order valence-electron chi connectivity index (χ0n) is 9.15. The Kier molecular flexibility index (Phi) is 2.17. The zero-order valence-corrected chi connectivity index (χ0v) is 9.15. The fourth-order valence-corrected chi connectivity index (χ4v) is 2.38. The number of pyridine rings is 1. The lowest BCUT2D eigenvalue weighted by Crippen LogP contribution is -2.38. The highest BCUT2D eigenvalue weighted by Gasteiger charge is 2.34. The van der Waals surface area contributed by atoms with E-state index in [2.05, 4.69) is 9.97 Å². The molecule has 1 saturated carbocycles. The van der Waals surface area contributed by atoms with Crippen LogP contribution < -0.4 is 5.73 Å². The van der Waals surface area contributed by atoms with Crippen molar-refractivity contribution >= 4 is 11.2 Å². The molecule has 2 N–H and O–H groups in total. The zero-order chi connectivity index (χ0) is 11.0. The van der Waals surface area contributed by atoms with Crippen LogP contribution in [0.1, 0.15) is 38.0 Å². The molecule has 3 rings (SSSR count). The second-order valence-corrected chi connectivity index (χ2v) is 4.56. The van der Waals surface area contributed by atoms with E-state index in [4.69, 9.17) is 10.2 Å². The molecule has 0 spiro atoms. The number of aromatic nitrogens is 2. The summed E-state index contributed by atoms with van der Waals surface area (Å²) in [5.41, 5.74) is 7.37. The standard InChI is InChI=1S/C12H15N3O/c13-12(6-2-1-3-7-12)11-15-10-9(16-11)5-4-8-14-10/h4-5,8H,1-3,6-7,13H2. The van der Waals surface area contributed by atoms with E-state index in [9.17, 15) is 0 Å². The summed E-state index contributed by atoms with van der Waals surface area (Å²) in [5.74, 6) is 0.654. The Morgan fingerprint density at radius 2 is 2.06 bits per heavy atom. The van der Waals surface area contributed by atoms with Crippen LogP contribution in [0.25, 0.3) is 11.2 Å². The van der Waals surface area contributed by atoms with Gasteiger partial charge in [-0.25, -0.2) is 4.98 Å². The molecule has 0 radical (unpaired) electrons. The highest BCUT2D eigenvalue weighted by atomic mass is 16.4. The average molecular weight is 217 g/mol. The van der Waals surface area contributed by atoms with E-state index in [1.165, 1.54) is 6.42 Å². The number of nitrogens with two attached hydrogens (primary N) is 1. The van der Waals surface area contributed by atoms with Gasteiger partial charge in [0.1, 0.15) is 0 Å². The van der Waals surface area contributed by atoms with Gasteiger partial charge in [-0.1, -0.05) is 19.3 Å². The maximum Gasteiger partial charge on any atom is 0.217 e. The first-order valence-corrected chi connectivity index (χ1v) is 5.79. The quantitative estimate of drug-likeness (QED) is 0.796. The molecule has 4 heteroatoms. The van der Waals surface area contributed by atoms with Crippen molar-refractivity contribution in [2.45, 2.75) is 37.6 Å². The SMILES string of the molecule is NC1(c2nc3ncccc3o2)CCCCC1. The van der Waals surface area contributed by atoms with Crippen molar-refractivity contribution in [3.63, 3.8) is 0 Å². The van der Waals surface area contributed by atoms with E-state index in [0.29, 0.717) is 11.5 Å². The first-order chi connectivity index (χ1) is 7.78. The minimum absolute atomic E-state index is 0.376. The first kappa shape index (κ1) is 9.78. The molecule has 16 heavy (non-hydrogen) atoms. The van der Waals surface area contributed by atoms with Crippen LogP contribution in [-0.2, 0) is 5.54 Å². The minimum atomic E-state index is -0.376. The van der Waals surface area contributed by atoms with Crippen LogP contribution >= 0.6 is 0 Å². The van der Waals surface area contributed by atoms with E-state index in [1.54, 1.807) is 6.20 Å². The smallest absolute Gasteiger partial charge is 0.217 e. The van der Waals surface area contributed by atoms with Gasteiger partial charge in [-0.05, 0) is 25.0 Å². The lowest BCUT2D eigenvalue weighted by Gasteiger charge is -2.29. The van der Waals surface area contributed by atoms with Gasteiger partial charge in [0.05, 0.1) is 5.54 Å². The highest BCUT2D eigenvalue weighted by Crippen LogP contribution is 2.35. The van der Waals surface area contributed by atoms with Crippen molar-refractivity contribution in [3.05, 3.63) is 24.2 Å². The van der Waals surface area contributed by atoms with Gasteiger partial charge in [0, 0.05) is 6.20 Å². The molecular weight excluding hydrogens is 202 g/mol. The number of oxazole rings is 1. The van der Waals surface area contributed by atoms with Crippen LogP contribution in [0.5, 0.6) is 0 Å². The molecular formula is C12H15N3O. The average Bonchev–Trinajstić information content (AvgIpc) is 2.74. The monoisotopic (exact) mass is 217 g/mol. The summed E-state index contributed by atoms with van der Waals surface area (Å²) in [6.45, 7) is 0. The van der Waals surface area contributed by atoms with Crippen molar-refractivity contribution in [1.29, 1.82) is 0 Å². The topological polar surface area (TPSA) is 64.9 Å². The van der Waals surface area contributed by atoms with Crippen molar-refractivity contribution in [3.8, 4) is 0 Å². The molecule has 2 aromatic rings. The molecule has 2 heterocycles. The summed E-state index contributed by atoms with van der Waals surface area (Å²) in [7, 11) is 0. The molecule has 0 bridgehead atoms. The second kappa shape index (κ2) is 3.56. The van der Waals surface area contributed by atoms with Gasteiger partial charge in [-0.15, -0.1) is 0 Å². The summed E-state index contributed by atoms with van der Waals surface area (Å²) < 4.78 is 5.71. The first-order valence-electron chi connectivity index (χ1n) is 5.79. The number of nitrogens with zero attached hydrogens (tertiary/aromatic N) is 2. The fourth-order valence-electron chi connectivity index (χ4n) is 2.38. The van der Waals surface area contributed by atoms with Gasteiger partial charge in [0.2, 0.25) is 5.89 Å².